The first-order chi connectivity index (χ1) is 11.0. The van der Waals surface area contributed by atoms with Crippen molar-refractivity contribution in [3.8, 4) is 6.07 Å². The van der Waals surface area contributed by atoms with Crippen molar-refractivity contribution in [2.24, 2.45) is 0 Å². The minimum atomic E-state index is 0.0846. The van der Waals surface area contributed by atoms with Crippen molar-refractivity contribution >= 4 is 11.8 Å². The van der Waals surface area contributed by atoms with Gasteiger partial charge in [0.05, 0.1) is 5.69 Å². The number of carbonyl (C=O) groups is 1. The molecule has 1 aromatic heterocycles. The summed E-state index contributed by atoms with van der Waals surface area (Å²) in [4.78, 5) is 18.1. The number of urea groups is 1. The van der Waals surface area contributed by atoms with E-state index < -0.39 is 0 Å². The quantitative estimate of drug-likeness (QED) is 0.845. The lowest BCUT2D eigenvalue weighted by Gasteiger charge is -2.37. The van der Waals surface area contributed by atoms with Gasteiger partial charge in [0.15, 0.2) is 5.82 Å². The lowest BCUT2D eigenvalue weighted by Crippen LogP contribution is -2.53. The second-order valence-electron chi connectivity index (χ2n) is 5.65. The van der Waals surface area contributed by atoms with Crippen molar-refractivity contribution < 1.29 is 4.79 Å². The van der Waals surface area contributed by atoms with Gasteiger partial charge in [0.25, 0.3) is 0 Å². The van der Waals surface area contributed by atoms with Gasteiger partial charge in [-0.05, 0) is 33.3 Å². The van der Waals surface area contributed by atoms with Crippen molar-refractivity contribution in [3.63, 3.8) is 0 Å². The van der Waals surface area contributed by atoms with Crippen LogP contribution in [0.1, 0.15) is 30.7 Å². The number of rotatable bonds is 3. The number of piperazine rings is 1. The normalized spacial score (nSPS) is 14.6. The van der Waals surface area contributed by atoms with Crippen LogP contribution in [0.15, 0.2) is 0 Å². The maximum Gasteiger partial charge on any atom is 0.320 e. The zero-order chi connectivity index (χ0) is 17.0. The SMILES string of the molecule is CCN(CC)C(=O)N1CCN(c2nnc(C)c(C)c2C#N)CC1. The van der Waals surface area contributed by atoms with Crippen LogP contribution >= 0.6 is 0 Å². The molecule has 0 aromatic carbocycles. The zero-order valence-electron chi connectivity index (χ0n) is 14.3. The summed E-state index contributed by atoms with van der Waals surface area (Å²) in [6.45, 7) is 11.8. The molecule has 7 heteroatoms. The minimum absolute atomic E-state index is 0.0846. The summed E-state index contributed by atoms with van der Waals surface area (Å²) in [6, 6.07) is 2.32. The molecule has 1 saturated heterocycles. The number of nitrogens with zero attached hydrogens (tertiary/aromatic N) is 6. The monoisotopic (exact) mass is 316 g/mol. The van der Waals surface area contributed by atoms with Crippen molar-refractivity contribution in [1.82, 2.24) is 20.0 Å². The van der Waals surface area contributed by atoms with Crippen LogP contribution in [0.2, 0.25) is 0 Å². The van der Waals surface area contributed by atoms with E-state index in [0.717, 1.165) is 24.3 Å². The lowest BCUT2D eigenvalue weighted by molar-refractivity contribution is 0.154. The third kappa shape index (κ3) is 3.36. The number of anilines is 1. The molecule has 2 amide bonds. The van der Waals surface area contributed by atoms with E-state index in [1.807, 2.05) is 42.4 Å². The van der Waals surface area contributed by atoms with Crippen LogP contribution in [-0.2, 0) is 0 Å². The molecule has 7 nitrogen and oxygen atoms in total. The Labute approximate surface area is 137 Å². The molecule has 0 N–H and O–H groups in total. The van der Waals surface area contributed by atoms with E-state index in [9.17, 15) is 10.1 Å². The second-order valence-corrected chi connectivity index (χ2v) is 5.65. The van der Waals surface area contributed by atoms with Gasteiger partial charge >= 0.3 is 6.03 Å². The Morgan fingerprint density at radius 3 is 2.30 bits per heavy atom. The van der Waals surface area contributed by atoms with Gasteiger partial charge in [0.1, 0.15) is 11.6 Å². The molecule has 1 aliphatic heterocycles. The van der Waals surface area contributed by atoms with Gasteiger partial charge in [-0.15, -0.1) is 5.10 Å². The Hall–Kier alpha value is -2.36. The molecule has 0 atom stereocenters. The first kappa shape index (κ1) is 17.0. The molecule has 2 heterocycles. The Morgan fingerprint density at radius 2 is 1.78 bits per heavy atom. The lowest BCUT2D eigenvalue weighted by atomic mass is 10.1. The molecule has 0 radical (unpaired) electrons. The van der Waals surface area contributed by atoms with Gasteiger partial charge in [-0.25, -0.2) is 4.79 Å². The van der Waals surface area contributed by atoms with Gasteiger partial charge in [-0.2, -0.15) is 10.4 Å². The van der Waals surface area contributed by atoms with E-state index in [-0.39, 0.29) is 6.03 Å². The van der Waals surface area contributed by atoms with E-state index in [2.05, 4.69) is 16.3 Å². The maximum atomic E-state index is 12.4. The first-order valence-corrected chi connectivity index (χ1v) is 8.06. The molecular weight excluding hydrogens is 292 g/mol. The standard InChI is InChI=1S/C16H24N6O/c1-5-20(6-2)16(23)22-9-7-21(8-10-22)15-14(11-17)12(3)13(4)18-19-15/h5-10H2,1-4H3. The Kier molecular flexibility index (Phi) is 5.37. The first-order valence-electron chi connectivity index (χ1n) is 8.06. The molecule has 1 aliphatic rings. The van der Waals surface area contributed by atoms with Crippen molar-refractivity contribution in [1.29, 1.82) is 5.26 Å². The molecule has 2 rings (SSSR count). The predicted molar refractivity (Wildman–Crippen MR) is 88.3 cm³/mol. The van der Waals surface area contributed by atoms with Crippen LogP contribution in [-0.4, -0.2) is 65.3 Å². The van der Waals surface area contributed by atoms with Crippen molar-refractivity contribution in [3.05, 3.63) is 16.8 Å². The van der Waals surface area contributed by atoms with Crippen molar-refractivity contribution in [2.75, 3.05) is 44.2 Å². The van der Waals surface area contributed by atoms with Gasteiger partial charge in [-0.1, -0.05) is 0 Å². The van der Waals surface area contributed by atoms with E-state index in [1.54, 1.807) is 0 Å². The van der Waals surface area contributed by atoms with Gasteiger partial charge in [0.2, 0.25) is 0 Å². The third-order valence-electron chi connectivity index (χ3n) is 4.43. The second kappa shape index (κ2) is 7.27. The van der Waals surface area contributed by atoms with Crippen LogP contribution in [0.3, 0.4) is 0 Å². The highest BCUT2D eigenvalue weighted by atomic mass is 16.2. The third-order valence-corrected chi connectivity index (χ3v) is 4.43. The summed E-state index contributed by atoms with van der Waals surface area (Å²) in [5.74, 6) is 0.630. The molecule has 0 spiro atoms. The molecule has 23 heavy (non-hydrogen) atoms. The predicted octanol–water partition coefficient (Wildman–Crippen LogP) is 1.55. The molecule has 0 bridgehead atoms. The van der Waals surface area contributed by atoms with E-state index in [0.29, 0.717) is 37.6 Å². The highest BCUT2D eigenvalue weighted by molar-refractivity contribution is 5.74. The van der Waals surface area contributed by atoms with Gasteiger partial charge < -0.3 is 14.7 Å². The average Bonchev–Trinajstić information content (AvgIpc) is 2.58. The van der Waals surface area contributed by atoms with E-state index >= 15 is 0 Å². The van der Waals surface area contributed by atoms with Crippen LogP contribution < -0.4 is 4.90 Å². The Morgan fingerprint density at radius 1 is 1.17 bits per heavy atom. The fourth-order valence-corrected chi connectivity index (χ4v) is 2.75. The molecule has 0 unspecified atom stereocenters. The number of carbonyl (C=O) groups excluding carboxylic acids is 1. The molecule has 1 fully saturated rings. The molecule has 0 aliphatic carbocycles. The minimum Gasteiger partial charge on any atom is -0.350 e. The van der Waals surface area contributed by atoms with Crippen molar-refractivity contribution in [2.45, 2.75) is 27.7 Å². The number of hydrogen-bond donors (Lipinski definition) is 0. The summed E-state index contributed by atoms with van der Waals surface area (Å²) in [5.41, 5.74) is 2.24. The smallest absolute Gasteiger partial charge is 0.320 e. The van der Waals surface area contributed by atoms with Crippen LogP contribution in [0.4, 0.5) is 10.6 Å². The number of aromatic nitrogens is 2. The van der Waals surface area contributed by atoms with Crippen LogP contribution in [0.5, 0.6) is 0 Å². The van der Waals surface area contributed by atoms with Gasteiger partial charge in [0, 0.05) is 39.3 Å². The average molecular weight is 316 g/mol. The highest BCUT2D eigenvalue weighted by Gasteiger charge is 2.26. The molecule has 1 aromatic rings. The summed E-state index contributed by atoms with van der Waals surface area (Å²) >= 11 is 0. The van der Waals surface area contributed by atoms with Crippen LogP contribution in [0, 0.1) is 25.2 Å². The largest absolute Gasteiger partial charge is 0.350 e. The van der Waals surface area contributed by atoms with Crippen LogP contribution in [0.25, 0.3) is 0 Å². The number of hydrogen-bond acceptors (Lipinski definition) is 5. The summed E-state index contributed by atoms with van der Waals surface area (Å²) in [6.07, 6.45) is 0. The van der Waals surface area contributed by atoms with Gasteiger partial charge in [-0.3, -0.25) is 0 Å². The summed E-state index contributed by atoms with van der Waals surface area (Å²) in [7, 11) is 0. The Bertz CT molecular complexity index is 612. The Balaban J connectivity index is 2.10. The highest BCUT2D eigenvalue weighted by Crippen LogP contribution is 2.22. The van der Waals surface area contributed by atoms with E-state index in [4.69, 9.17) is 0 Å². The molecular formula is C16H24N6O. The topological polar surface area (TPSA) is 76.4 Å². The van der Waals surface area contributed by atoms with E-state index in [1.165, 1.54) is 0 Å². The maximum absolute atomic E-state index is 12.4. The fraction of sp³-hybridized carbons (Fsp3) is 0.625. The number of amides is 2. The number of nitriles is 1. The summed E-state index contributed by atoms with van der Waals surface area (Å²) < 4.78 is 0. The zero-order valence-corrected chi connectivity index (χ0v) is 14.3. The number of aryl methyl sites for hydroxylation is 1. The fourth-order valence-electron chi connectivity index (χ4n) is 2.75. The summed E-state index contributed by atoms with van der Waals surface area (Å²) in [5, 5.41) is 17.8. The molecule has 0 saturated carbocycles. The molecule has 124 valence electrons.